The van der Waals surface area contributed by atoms with Crippen LogP contribution in [-0.4, -0.2) is 29.7 Å². The van der Waals surface area contributed by atoms with E-state index in [0.29, 0.717) is 0 Å². The van der Waals surface area contributed by atoms with Crippen molar-refractivity contribution in [3.63, 3.8) is 0 Å². The lowest BCUT2D eigenvalue weighted by molar-refractivity contribution is -0.0455. The van der Waals surface area contributed by atoms with Gasteiger partial charge in [-0.2, -0.15) is 0 Å². The van der Waals surface area contributed by atoms with Crippen LogP contribution in [0, 0.1) is 5.41 Å². The number of furan rings is 1. The lowest BCUT2D eigenvalue weighted by atomic mass is 9.69. The molecule has 21 heavy (non-hydrogen) atoms. The Hall–Kier alpha value is -1.32. The number of aliphatic hydroxyl groups is 1. The number of fused-ring (bicyclic) bond motifs is 5. The Balaban J connectivity index is 1.91. The third-order valence-electron chi connectivity index (χ3n) is 5.71. The van der Waals surface area contributed by atoms with Crippen LogP contribution in [-0.2, 0) is 6.42 Å². The smallest absolute Gasteiger partial charge is 0.134 e. The molecule has 1 fully saturated rings. The van der Waals surface area contributed by atoms with Crippen molar-refractivity contribution in [2.45, 2.75) is 38.6 Å². The maximum atomic E-state index is 10.1. The molecule has 1 unspecified atom stereocenters. The predicted octanol–water partition coefficient (Wildman–Crippen LogP) is 3.51. The van der Waals surface area contributed by atoms with Crippen molar-refractivity contribution in [2.75, 3.05) is 19.7 Å². The van der Waals surface area contributed by atoms with Gasteiger partial charge >= 0.3 is 0 Å². The summed E-state index contributed by atoms with van der Waals surface area (Å²) in [5, 5.41) is 11.4. The number of hydrogen-bond acceptors (Lipinski definition) is 3. The minimum absolute atomic E-state index is 0.0404. The molecule has 3 nitrogen and oxygen atoms in total. The Morgan fingerprint density at radius 1 is 1.33 bits per heavy atom. The number of aliphatic hydroxyl groups excluding tert-OH is 1. The average molecular weight is 285 g/mol. The largest absolute Gasteiger partial charge is 0.459 e. The van der Waals surface area contributed by atoms with Gasteiger partial charge < -0.3 is 9.52 Å². The summed E-state index contributed by atoms with van der Waals surface area (Å²) in [5.41, 5.74) is 2.33. The van der Waals surface area contributed by atoms with E-state index in [2.05, 4.69) is 30.0 Å². The first-order valence-corrected chi connectivity index (χ1v) is 8.14. The molecule has 4 rings (SSSR count). The molecule has 1 aromatic heterocycles. The molecule has 0 bridgehead atoms. The van der Waals surface area contributed by atoms with Crippen molar-refractivity contribution >= 4 is 11.0 Å². The topological polar surface area (TPSA) is 36.6 Å². The van der Waals surface area contributed by atoms with Crippen LogP contribution >= 0.6 is 0 Å². The standard InChI is InChI=1S/C18H23NO2/c1-2-18(12-20)9-5-10-19-11-8-14-13-6-3-4-7-15(13)21-16(14)17(18)19/h3-4,6-7,17,20H,2,5,8-12H2,1H3/t17?,18-/m0/s1. The van der Waals surface area contributed by atoms with Crippen LogP contribution in [0.2, 0.25) is 0 Å². The van der Waals surface area contributed by atoms with Crippen LogP contribution < -0.4 is 0 Å². The molecule has 2 aliphatic rings. The Labute approximate surface area is 125 Å². The zero-order valence-electron chi connectivity index (χ0n) is 12.6. The highest BCUT2D eigenvalue weighted by molar-refractivity contribution is 5.82. The Kier molecular flexibility index (Phi) is 3.09. The molecule has 112 valence electrons. The van der Waals surface area contributed by atoms with Gasteiger partial charge in [-0.05, 0) is 38.3 Å². The Morgan fingerprint density at radius 3 is 3.00 bits per heavy atom. The number of benzene rings is 1. The molecule has 0 amide bonds. The molecule has 0 aliphatic carbocycles. The number of nitrogens with zero attached hydrogens (tertiary/aromatic N) is 1. The third-order valence-corrected chi connectivity index (χ3v) is 5.71. The fourth-order valence-electron chi connectivity index (χ4n) is 4.47. The summed E-state index contributed by atoms with van der Waals surface area (Å²) in [6, 6.07) is 8.60. The molecule has 3 heteroatoms. The van der Waals surface area contributed by atoms with Gasteiger partial charge in [-0.1, -0.05) is 25.1 Å². The second-order valence-electron chi connectivity index (χ2n) is 6.61. The van der Waals surface area contributed by atoms with E-state index in [0.717, 1.165) is 43.7 Å². The van der Waals surface area contributed by atoms with Crippen molar-refractivity contribution in [1.29, 1.82) is 0 Å². The van der Waals surface area contributed by atoms with Crippen molar-refractivity contribution in [1.82, 2.24) is 4.90 Å². The summed E-state index contributed by atoms with van der Waals surface area (Å²) in [4.78, 5) is 2.54. The van der Waals surface area contributed by atoms with Crippen molar-refractivity contribution in [3.05, 3.63) is 35.6 Å². The van der Waals surface area contributed by atoms with E-state index in [1.807, 2.05) is 6.07 Å². The van der Waals surface area contributed by atoms with Gasteiger partial charge in [0.1, 0.15) is 11.3 Å². The fraction of sp³-hybridized carbons (Fsp3) is 0.556. The van der Waals surface area contributed by atoms with Gasteiger partial charge in [0, 0.05) is 22.9 Å². The Morgan fingerprint density at radius 2 is 2.19 bits per heavy atom. The molecular weight excluding hydrogens is 262 g/mol. The van der Waals surface area contributed by atoms with Crippen molar-refractivity contribution in [3.8, 4) is 0 Å². The summed E-state index contributed by atoms with van der Waals surface area (Å²) in [6.07, 6.45) is 4.34. The quantitative estimate of drug-likeness (QED) is 0.917. The highest BCUT2D eigenvalue weighted by atomic mass is 16.3. The minimum atomic E-state index is -0.0404. The van der Waals surface area contributed by atoms with E-state index < -0.39 is 0 Å². The number of para-hydroxylation sites is 1. The lowest BCUT2D eigenvalue weighted by Gasteiger charge is -2.50. The van der Waals surface area contributed by atoms with Gasteiger partial charge in [0.25, 0.3) is 0 Å². The zero-order chi connectivity index (χ0) is 14.4. The second-order valence-corrected chi connectivity index (χ2v) is 6.61. The van der Waals surface area contributed by atoms with Gasteiger partial charge in [0.15, 0.2) is 0 Å². The average Bonchev–Trinajstić information content (AvgIpc) is 2.92. The van der Waals surface area contributed by atoms with Crippen LogP contribution in [0.5, 0.6) is 0 Å². The summed E-state index contributed by atoms with van der Waals surface area (Å²) >= 11 is 0. The molecule has 0 spiro atoms. The molecule has 1 aromatic carbocycles. The highest BCUT2D eigenvalue weighted by Crippen LogP contribution is 2.52. The number of hydrogen-bond donors (Lipinski definition) is 1. The van der Waals surface area contributed by atoms with E-state index in [1.54, 1.807) is 0 Å². The summed E-state index contributed by atoms with van der Waals surface area (Å²) in [7, 11) is 0. The number of piperidine rings is 1. The summed E-state index contributed by atoms with van der Waals surface area (Å²) in [6.45, 7) is 4.67. The molecule has 2 aliphatic heterocycles. The number of rotatable bonds is 2. The first kappa shape index (κ1) is 13.4. The van der Waals surface area contributed by atoms with Crippen molar-refractivity contribution in [2.24, 2.45) is 5.41 Å². The zero-order valence-corrected chi connectivity index (χ0v) is 12.6. The van der Waals surface area contributed by atoms with E-state index >= 15 is 0 Å². The van der Waals surface area contributed by atoms with Crippen molar-refractivity contribution < 1.29 is 9.52 Å². The first-order chi connectivity index (χ1) is 10.3. The van der Waals surface area contributed by atoms with E-state index in [9.17, 15) is 5.11 Å². The van der Waals surface area contributed by atoms with Crippen LogP contribution in [0.3, 0.4) is 0 Å². The predicted molar refractivity (Wildman–Crippen MR) is 83.3 cm³/mol. The normalized spacial score (nSPS) is 29.3. The summed E-state index contributed by atoms with van der Waals surface area (Å²) < 4.78 is 6.27. The van der Waals surface area contributed by atoms with Crippen LogP contribution in [0.25, 0.3) is 11.0 Å². The van der Waals surface area contributed by atoms with Crippen LogP contribution in [0.1, 0.15) is 43.6 Å². The van der Waals surface area contributed by atoms with E-state index in [1.165, 1.54) is 17.4 Å². The molecule has 1 N–H and O–H groups in total. The maximum Gasteiger partial charge on any atom is 0.134 e. The van der Waals surface area contributed by atoms with Crippen LogP contribution in [0.15, 0.2) is 28.7 Å². The molecule has 0 saturated carbocycles. The SMILES string of the molecule is CC[C@@]1(CO)CCCN2CCc3c(oc4ccccc34)C21. The first-order valence-electron chi connectivity index (χ1n) is 8.14. The minimum Gasteiger partial charge on any atom is -0.459 e. The van der Waals surface area contributed by atoms with Gasteiger partial charge in [-0.15, -0.1) is 0 Å². The maximum absolute atomic E-state index is 10.1. The van der Waals surface area contributed by atoms with Gasteiger partial charge in [0.05, 0.1) is 12.6 Å². The third kappa shape index (κ3) is 1.80. The summed E-state index contributed by atoms with van der Waals surface area (Å²) in [5.74, 6) is 1.12. The van der Waals surface area contributed by atoms with E-state index in [-0.39, 0.29) is 18.1 Å². The molecule has 2 atom stereocenters. The monoisotopic (exact) mass is 285 g/mol. The fourth-order valence-corrected chi connectivity index (χ4v) is 4.47. The van der Waals surface area contributed by atoms with Gasteiger partial charge in [-0.3, -0.25) is 4.90 Å². The lowest BCUT2D eigenvalue weighted by Crippen LogP contribution is -2.50. The highest BCUT2D eigenvalue weighted by Gasteiger charge is 2.48. The molecular formula is C18H23NO2. The molecule has 1 saturated heterocycles. The van der Waals surface area contributed by atoms with Gasteiger partial charge in [-0.25, -0.2) is 0 Å². The molecule has 3 heterocycles. The molecule has 0 radical (unpaired) electrons. The van der Waals surface area contributed by atoms with Gasteiger partial charge in [0.2, 0.25) is 0 Å². The Bertz CT molecular complexity index is 656. The van der Waals surface area contributed by atoms with Crippen LogP contribution in [0.4, 0.5) is 0 Å². The second kappa shape index (κ2) is 4.85. The van der Waals surface area contributed by atoms with E-state index in [4.69, 9.17) is 4.42 Å². The molecule has 2 aromatic rings.